The first-order chi connectivity index (χ1) is 14.6. The van der Waals surface area contributed by atoms with Crippen molar-refractivity contribution in [3.8, 4) is 17.4 Å². The van der Waals surface area contributed by atoms with E-state index in [1.165, 1.54) is 15.9 Å². The SMILES string of the molecule is FC(F)(F)c1cnc(OCCCOc2c(Cl)cc(OC(F)(F)C(F)(F)Br)cc2Cl)c(Cl)c1. The average Bonchev–Trinajstić information content (AvgIpc) is 2.62. The van der Waals surface area contributed by atoms with Crippen molar-refractivity contribution in [2.24, 2.45) is 0 Å². The van der Waals surface area contributed by atoms with Gasteiger partial charge < -0.3 is 14.2 Å². The molecule has 0 aliphatic rings. The Morgan fingerprint density at radius 1 is 0.844 bits per heavy atom. The van der Waals surface area contributed by atoms with Crippen molar-refractivity contribution in [1.29, 1.82) is 0 Å². The Morgan fingerprint density at radius 3 is 1.91 bits per heavy atom. The molecule has 15 heteroatoms. The molecule has 0 atom stereocenters. The molecule has 0 bridgehead atoms. The van der Waals surface area contributed by atoms with Gasteiger partial charge in [-0.3, -0.25) is 0 Å². The summed E-state index contributed by atoms with van der Waals surface area (Å²) >= 11 is 19.0. The van der Waals surface area contributed by atoms with Crippen LogP contribution in [0.1, 0.15) is 12.0 Å². The van der Waals surface area contributed by atoms with Gasteiger partial charge in [0.1, 0.15) is 10.8 Å². The van der Waals surface area contributed by atoms with Gasteiger partial charge in [-0.2, -0.15) is 30.7 Å². The van der Waals surface area contributed by atoms with E-state index in [0.29, 0.717) is 12.3 Å². The third-order valence-corrected chi connectivity index (χ3v) is 4.75. The zero-order chi connectivity index (χ0) is 24.3. The Hall–Kier alpha value is -1.37. The quantitative estimate of drug-likeness (QED) is 0.168. The average molecular weight is 596 g/mol. The van der Waals surface area contributed by atoms with Gasteiger partial charge in [0.05, 0.1) is 28.8 Å². The van der Waals surface area contributed by atoms with E-state index < -0.39 is 28.4 Å². The van der Waals surface area contributed by atoms with Crippen LogP contribution in [0.5, 0.6) is 17.4 Å². The van der Waals surface area contributed by atoms with Crippen LogP contribution < -0.4 is 14.2 Å². The van der Waals surface area contributed by atoms with Gasteiger partial charge in [0.15, 0.2) is 5.75 Å². The van der Waals surface area contributed by atoms with Gasteiger partial charge in [-0.25, -0.2) is 4.98 Å². The third kappa shape index (κ3) is 7.06. The minimum Gasteiger partial charge on any atom is -0.490 e. The summed E-state index contributed by atoms with van der Waals surface area (Å²) in [5, 5.41) is -0.933. The van der Waals surface area contributed by atoms with E-state index in [1.54, 1.807) is 0 Å². The van der Waals surface area contributed by atoms with Crippen LogP contribution in [0, 0.1) is 0 Å². The van der Waals surface area contributed by atoms with E-state index >= 15 is 0 Å². The highest BCUT2D eigenvalue weighted by molar-refractivity contribution is 9.10. The Labute approximate surface area is 199 Å². The van der Waals surface area contributed by atoms with Crippen molar-refractivity contribution < 1.29 is 44.9 Å². The molecular formula is C17H10BrCl3F7NO3. The van der Waals surface area contributed by atoms with Gasteiger partial charge in [-0.15, -0.1) is 0 Å². The molecular weight excluding hydrogens is 585 g/mol. The van der Waals surface area contributed by atoms with Crippen LogP contribution in [0.15, 0.2) is 24.4 Å². The molecule has 4 nitrogen and oxygen atoms in total. The number of ether oxygens (including phenoxy) is 3. The summed E-state index contributed by atoms with van der Waals surface area (Å²) < 4.78 is 104. The van der Waals surface area contributed by atoms with E-state index in [1.807, 2.05) is 0 Å². The number of alkyl halides is 8. The van der Waals surface area contributed by atoms with Crippen molar-refractivity contribution >= 4 is 50.7 Å². The maximum atomic E-state index is 13.3. The first kappa shape index (κ1) is 26.9. The van der Waals surface area contributed by atoms with Gasteiger partial charge in [0.25, 0.3) is 0 Å². The third-order valence-electron chi connectivity index (χ3n) is 3.46. The second-order valence-corrected chi connectivity index (χ2v) is 8.11. The molecule has 0 spiro atoms. The number of nitrogens with zero attached hydrogens (tertiary/aromatic N) is 1. The number of aromatic nitrogens is 1. The molecule has 0 amide bonds. The molecule has 0 radical (unpaired) electrons. The lowest BCUT2D eigenvalue weighted by atomic mass is 10.3. The summed E-state index contributed by atoms with van der Waals surface area (Å²) in [6.45, 7) is -0.144. The molecule has 0 aliphatic heterocycles. The normalized spacial score (nSPS) is 12.6. The predicted octanol–water partition coefficient (Wildman–Crippen LogP) is 7.87. The zero-order valence-corrected chi connectivity index (χ0v) is 19.1. The second kappa shape index (κ2) is 10.3. The molecule has 1 aromatic carbocycles. The number of hydrogen-bond donors (Lipinski definition) is 0. The van der Waals surface area contributed by atoms with Crippen molar-refractivity contribution in [3.63, 3.8) is 0 Å². The summed E-state index contributed by atoms with van der Waals surface area (Å²) in [5.41, 5.74) is -1.03. The largest absolute Gasteiger partial charge is 0.490 e. The molecule has 178 valence electrons. The summed E-state index contributed by atoms with van der Waals surface area (Å²) in [5.74, 6) is -1.09. The highest BCUT2D eigenvalue weighted by Crippen LogP contribution is 2.43. The number of pyridine rings is 1. The van der Waals surface area contributed by atoms with Crippen LogP contribution in [0.3, 0.4) is 0 Å². The van der Waals surface area contributed by atoms with E-state index in [9.17, 15) is 30.7 Å². The van der Waals surface area contributed by atoms with Crippen LogP contribution in [0.2, 0.25) is 15.1 Å². The summed E-state index contributed by atoms with van der Waals surface area (Å²) in [7, 11) is 0. The molecule has 0 unspecified atom stereocenters. The highest BCUT2D eigenvalue weighted by Gasteiger charge is 2.57. The first-order valence-corrected chi connectivity index (χ1v) is 10.2. The van der Waals surface area contributed by atoms with Crippen LogP contribution in [-0.4, -0.2) is 29.1 Å². The standard InChI is InChI=1S/C17H10BrCl3F7NO3/c18-16(25,26)17(27,28)32-9-5-10(19)13(11(20)6-9)30-2-1-3-31-14-12(21)4-8(7-29-14)15(22,23)24/h4-7H,1-3H2. The summed E-state index contributed by atoms with van der Waals surface area (Å²) in [4.78, 5) is -1.14. The second-order valence-electron chi connectivity index (χ2n) is 5.89. The van der Waals surface area contributed by atoms with Crippen molar-refractivity contribution in [1.82, 2.24) is 4.98 Å². The number of rotatable bonds is 9. The molecule has 0 aliphatic carbocycles. The van der Waals surface area contributed by atoms with E-state index in [-0.39, 0.29) is 46.3 Å². The van der Waals surface area contributed by atoms with Crippen LogP contribution in [0.4, 0.5) is 30.7 Å². The highest BCUT2D eigenvalue weighted by atomic mass is 79.9. The van der Waals surface area contributed by atoms with E-state index in [4.69, 9.17) is 44.3 Å². The molecule has 32 heavy (non-hydrogen) atoms. The number of halogens is 11. The molecule has 1 aromatic heterocycles. The van der Waals surface area contributed by atoms with Crippen molar-refractivity contribution in [2.75, 3.05) is 13.2 Å². The molecule has 0 saturated carbocycles. The smallest absolute Gasteiger partial charge is 0.475 e. The summed E-state index contributed by atoms with van der Waals surface area (Å²) in [6, 6.07) is 2.27. The van der Waals surface area contributed by atoms with Crippen molar-refractivity contribution in [3.05, 3.63) is 45.0 Å². The van der Waals surface area contributed by atoms with E-state index in [0.717, 1.165) is 12.1 Å². The van der Waals surface area contributed by atoms with Crippen LogP contribution in [-0.2, 0) is 6.18 Å². The van der Waals surface area contributed by atoms with Gasteiger partial charge in [0, 0.05) is 40.7 Å². The molecule has 0 saturated heterocycles. The van der Waals surface area contributed by atoms with Gasteiger partial charge in [0.2, 0.25) is 5.88 Å². The molecule has 2 rings (SSSR count). The van der Waals surface area contributed by atoms with Gasteiger partial charge in [-0.05, 0) is 6.07 Å². The summed E-state index contributed by atoms with van der Waals surface area (Å²) in [6.07, 6.45) is -8.76. The lowest BCUT2D eigenvalue weighted by Gasteiger charge is -2.22. The predicted molar refractivity (Wildman–Crippen MR) is 106 cm³/mol. The van der Waals surface area contributed by atoms with Gasteiger partial charge in [-0.1, -0.05) is 34.8 Å². The topological polar surface area (TPSA) is 40.6 Å². The molecule has 0 N–H and O–H groups in total. The van der Waals surface area contributed by atoms with Gasteiger partial charge >= 0.3 is 17.1 Å². The first-order valence-electron chi connectivity index (χ1n) is 8.23. The fourth-order valence-corrected chi connectivity index (χ4v) is 2.91. The van der Waals surface area contributed by atoms with E-state index in [2.05, 4.69) is 9.72 Å². The molecule has 0 fully saturated rings. The monoisotopic (exact) mass is 593 g/mol. The van der Waals surface area contributed by atoms with Crippen molar-refractivity contribution in [2.45, 2.75) is 23.5 Å². The zero-order valence-electron chi connectivity index (χ0n) is 15.3. The fourth-order valence-electron chi connectivity index (χ4n) is 2.03. The lowest BCUT2D eigenvalue weighted by Crippen LogP contribution is -2.40. The fraction of sp³-hybridized carbons (Fsp3) is 0.353. The Kier molecular flexibility index (Phi) is 8.63. The Balaban J connectivity index is 1.91. The minimum atomic E-state index is -4.88. The molecule has 1 heterocycles. The minimum absolute atomic E-state index is 0.0684. The lowest BCUT2D eigenvalue weighted by molar-refractivity contribution is -0.266. The Bertz CT molecular complexity index is 935. The maximum Gasteiger partial charge on any atom is 0.475 e. The molecule has 2 aromatic rings. The Morgan fingerprint density at radius 2 is 1.41 bits per heavy atom. The number of hydrogen-bond acceptors (Lipinski definition) is 4. The maximum absolute atomic E-state index is 13.3. The van der Waals surface area contributed by atoms with Crippen LogP contribution in [0.25, 0.3) is 0 Å². The number of benzene rings is 1. The van der Waals surface area contributed by atoms with Crippen LogP contribution >= 0.6 is 50.7 Å².